The monoisotopic (exact) mass is 338 g/mol. The van der Waals surface area contributed by atoms with Gasteiger partial charge in [-0.15, -0.1) is 0 Å². The van der Waals surface area contributed by atoms with Gasteiger partial charge in [0.25, 0.3) is 0 Å². The minimum Gasteiger partial charge on any atom is -0.481 e. The van der Waals surface area contributed by atoms with E-state index in [4.69, 9.17) is 0 Å². The Balaban J connectivity index is 2.12. The third-order valence-corrected chi connectivity index (χ3v) is 5.32. The highest BCUT2D eigenvalue weighted by Crippen LogP contribution is 2.45. The molecule has 130 valence electrons. The van der Waals surface area contributed by atoms with E-state index in [-0.39, 0.29) is 5.57 Å². The van der Waals surface area contributed by atoms with Crippen LogP contribution in [-0.2, 0) is 16.0 Å². The van der Waals surface area contributed by atoms with E-state index in [1.165, 1.54) is 0 Å². The first kappa shape index (κ1) is 17.2. The van der Waals surface area contributed by atoms with Gasteiger partial charge in [-0.05, 0) is 49.3 Å². The summed E-state index contributed by atoms with van der Waals surface area (Å²) in [5.41, 5.74) is 1.65. The molecule has 2 unspecified atom stereocenters. The van der Waals surface area contributed by atoms with Crippen LogP contribution in [0.15, 0.2) is 65.3 Å². The smallest absolute Gasteiger partial charge is 0.332 e. The normalized spacial score (nSPS) is 25.8. The Morgan fingerprint density at radius 2 is 1.92 bits per heavy atom. The van der Waals surface area contributed by atoms with E-state index in [9.17, 15) is 19.8 Å². The largest absolute Gasteiger partial charge is 0.481 e. The van der Waals surface area contributed by atoms with Crippen molar-refractivity contribution in [3.63, 3.8) is 0 Å². The van der Waals surface area contributed by atoms with Gasteiger partial charge >= 0.3 is 11.9 Å². The van der Waals surface area contributed by atoms with Crippen LogP contribution < -0.4 is 0 Å². The fourth-order valence-electron chi connectivity index (χ4n) is 3.79. The van der Waals surface area contributed by atoms with Crippen LogP contribution in [0.2, 0.25) is 0 Å². The van der Waals surface area contributed by atoms with Crippen LogP contribution >= 0.6 is 0 Å². The number of benzene rings is 1. The SMILES string of the molecule is CC1(C(=O)O)C=CC(C2=CCCC2)=C(C(=O)O)C1Cc1ccccc1. The first-order valence-electron chi connectivity index (χ1n) is 8.57. The summed E-state index contributed by atoms with van der Waals surface area (Å²) in [4.78, 5) is 24.1. The van der Waals surface area contributed by atoms with Crippen molar-refractivity contribution in [2.45, 2.75) is 32.6 Å². The van der Waals surface area contributed by atoms with Crippen molar-refractivity contribution in [1.82, 2.24) is 0 Å². The molecule has 0 fully saturated rings. The maximum absolute atomic E-state index is 12.1. The van der Waals surface area contributed by atoms with Crippen LogP contribution in [-0.4, -0.2) is 22.2 Å². The highest BCUT2D eigenvalue weighted by Gasteiger charge is 2.46. The van der Waals surface area contributed by atoms with Crippen molar-refractivity contribution >= 4 is 11.9 Å². The Morgan fingerprint density at radius 1 is 1.20 bits per heavy atom. The molecule has 3 rings (SSSR count). The van der Waals surface area contributed by atoms with E-state index < -0.39 is 23.3 Å². The lowest BCUT2D eigenvalue weighted by atomic mass is 9.65. The standard InChI is InChI=1S/C21H22O4/c1-21(20(24)25)12-11-16(15-9-5-6-10-15)18(19(22)23)17(21)13-14-7-3-2-4-8-14/h2-4,7-9,11-12,17H,5-6,10,13H2,1H3,(H,22,23)(H,24,25). The molecule has 2 atom stereocenters. The molecule has 0 spiro atoms. The zero-order valence-corrected chi connectivity index (χ0v) is 14.2. The fourth-order valence-corrected chi connectivity index (χ4v) is 3.79. The van der Waals surface area contributed by atoms with E-state index in [0.29, 0.717) is 12.0 Å². The summed E-state index contributed by atoms with van der Waals surface area (Å²) in [6.45, 7) is 1.61. The number of hydrogen-bond donors (Lipinski definition) is 2. The van der Waals surface area contributed by atoms with Crippen LogP contribution in [0.5, 0.6) is 0 Å². The van der Waals surface area contributed by atoms with E-state index in [1.807, 2.05) is 30.3 Å². The van der Waals surface area contributed by atoms with Gasteiger partial charge in [0.2, 0.25) is 0 Å². The number of rotatable bonds is 5. The second-order valence-electron chi connectivity index (χ2n) is 6.92. The number of hydrogen-bond acceptors (Lipinski definition) is 2. The number of allylic oxidation sites excluding steroid dienone is 4. The van der Waals surface area contributed by atoms with Crippen molar-refractivity contribution < 1.29 is 19.8 Å². The molecule has 0 aromatic heterocycles. The molecule has 0 saturated heterocycles. The lowest BCUT2D eigenvalue weighted by molar-refractivity contribution is -0.147. The molecular weight excluding hydrogens is 316 g/mol. The fraction of sp³-hybridized carbons (Fsp3) is 0.333. The highest BCUT2D eigenvalue weighted by molar-refractivity contribution is 5.93. The summed E-state index contributed by atoms with van der Waals surface area (Å²) in [6.07, 6.45) is 8.63. The minimum absolute atomic E-state index is 0.226. The van der Waals surface area contributed by atoms with Crippen LogP contribution in [0.4, 0.5) is 0 Å². The molecule has 25 heavy (non-hydrogen) atoms. The van der Waals surface area contributed by atoms with Gasteiger partial charge in [-0.1, -0.05) is 48.6 Å². The van der Waals surface area contributed by atoms with Gasteiger partial charge in [0.15, 0.2) is 0 Å². The zero-order valence-electron chi connectivity index (χ0n) is 14.2. The molecule has 0 amide bonds. The number of carboxylic acids is 2. The molecular formula is C21H22O4. The maximum atomic E-state index is 12.1. The van der Waals surface area contributed by atoms with Crippen LogP contribution in [0, 0.1) is 11.3 Å². The Morgan fingerprint density at radius 3 is 2.48 bits per heavy atom. The molecule has 4 nitrogen and oxygen atoms in total. The molecule has 0 aliphatic heterocycles. The van der Waals surface area contributed by atoms with E-state index in [0.717, 1.165) is 30.4 Å². The topological polar surface area (TPSA) is 74.6 Å². The minimum atomic E-state index is -1.24. The Kier molecular flexibility index (Phi) is 4.62. The van der Waals surface area contributed by atoms with Crippen molar-refractivity contribution in [3.8, 4) is 0 Å². The van der Waals surface area contributed by atoms with Crippen molar-refractivity contribution in [1.29, 1.82) is 0 Å². The average Bonchev–Trinajstić information content (AvgIpc) is 3.11. The van der Waals surface area contributed by atoms with Gasteiger partial charge in [-0.25, -0.2) is 4.79 Å². The number of carboxylic acid groups (broad SMARTS) is 2. The summed E-state index contributed by atoms with van der Waals surface area (Å²) in [5.74, 6) is -2.64. The quantitative estimate of drug-likeness (QED) is 0.851. The molecule has 0 bridgehead atoms. The molecule has 2 N–H and O–H groups in total. The molecule has 0 radical (unpaired) electrons. The van der Waals surface area contributed by atoms with Crippen LogP contribution in [0.25, 0.3) is 0 Å². The second kappa shape index (κ2) is 6.71. The second-order valence-corrected chi connectivity index (χ2v) is 6.92. The summed E-state index contributed by atoms with van der Waals surface area (Å²) < 4.78 is 0. The molecule has 2 aliphatic rings. The molecule has 2 aliphatic carbocycles. The summed E-state index contributed by atoms with van der Waals surface area (Å²) >= 11 is 0. The molecule has 0 heterocycles. The van der Waals surface area contributed by atoms with Gasteiger partial charge in [0.1, 0.15) is 0 Å². The van der Waals surface area contributed by atoms with Crippen LogP contribution in [0.3, 0.4) is 0 Å². The third kappa shape index (κ3) is 3.16. The number of carbonyl (C=O) groups is 2. The van der Waals surface area contributed by atoms with Gasteiger partial charge < -0.3 is 10.2 Å². The Labute approximate surface area is 147 Å². The predicted octanol–water partition coefficient (Wildman–Crippen LogP) is 4.00. The van der Waals surface area contributed by atoms with Crippen molar-refractivity contribution in [2.75, 3.05) is 0 Å². The zero-order chi connectivity index (χ0) is 18.0. The van der Waals surface area contributed by atoms with Gasteiger partial charge in [0, 0.05) is 11.5 Å². The number of aliphatic carboxylic acids is 2. The Hall–Kier alpha value is -2.62. The summed E-state index contributed by atoms with van der Waals surface area (Å²) in [7, 11) is 0. The molecule has 4 heteroatoms. The molecule has 1 aromatic carbocycles. The lowest BCUT2D eigenvalue weighted by Gasteiger charge is -2.36. The molecule has 0 saturated carbocycles. The first-order chi connectivity index (χ1) is 11.9. The van der Waals surface area contributed by atoms with Gasteiger partial charge in [-0.3, -0.25) is 4.79 Å². The summed E-state index contributed by atoms with van der Waals surface area (Å²) in [6, 6.07) is 9.49. The van der Waals surface area contributed by atoms with Crippen molar-refractivity contribution in [2.24, 2.45) is 11.3 Å². The molecule has 1 aromatic rings. The lowest BCUT2D eigenvalue weighted by Crippen LogP contribution is -2.40. The van der Waals surface area contributed by atoms with E-state index >= 15 is 0 Å². The third-order valence-electron chi connectivity index (χ3n) is 5.32. The van der Waals surface area contributed by atoms with Crippen LogP contribution in [0.1, 0.15) is 31.7 Å². The predicted molar refractivity (Wildman–Crippen MR) is 95.1 cm³/mol. The Bertz CT molecular complexity index is 785. The summed E-state index contributed by atoms with van der Waals surface area (Å²) in [5, 5.41) is 19.7. The first-order valence-corrected chi connectivity index (χ1v) is 8.57. The van der Waals surface area contributed by atoms with Crippen molar-refractivity contribution in [3.05, 3.63) is 70.8 Å². The average molecular weight is 338 g/mol. The van der Waals surface area contributed by atoms with E-state index in [2.05, 4.69) is 6.08 Å². The van der Waals surface area contributed by atoms with E-state index in [1.54, 1.807) is 19.1 Å². The highest BCUT2D eigenvalue weighted by atomic mass is 16.4. The van der Waals surface area contributed by atoms with Gasteiger partial charge in [-0.2, -0.15) is 0 Å². The maximum Gasteiger partial charge on any atom is 0.332 e. The van der Waals surface area contributed by atoms with Gasteiger partial charge in [0.05, 0.1) is 5.41 Å².